The maximum Gasteiger partial charge on any atom is 0.252 e. The molecule has 0 radical (unpaired) electrons. The predicted octanol–water partition coefficient (Wildman–Crippen LogP) is 1.52. The number of ether oxygens (including phenoxy) is 3. The van der Waals surface area contributed by atoms with Crippen molar-refractivity contribution < 1.29 is 19.0 Å². The van der Waals surface area contributed by atoms with Gasteiger partial charge in [-0.05, 0) is 42.5 Å². The van der Waals surface area contributed by atoms with Gasteiger partial charge >= 0.3 is 0 Å². The summed E-state index contributed by atoms with van der Waals surface area (Å²) in [5, 5.41) is 0. The van der Waals surface area contributed by atoms with Crippen LogP contribution in [0.3, 0.4) is 0 Å². The van der Waals surface area contributed by atoms with Crippen molar-refractivity contribution in [2.24, 2.45) is 0 Å². The van der Waals surface area contributed by atoms with Crippen molar-refractivity contribution in [3.05, 3.63) is 23.3 Å². The van der Waals surface area contributed by atoms with Crippen molar-refractivity contribution >= 4 is 5.91 Å². The van der Waals surface area contributed by atoms with Gasteiger partial charge in [-0.2, -0.15) is 0 Å². The number of carbonyl (C=O) groups is 1. The monoisotopic (exact) mass is 289 g/mol. The average molecular weight is 289 g/mol. The molecule has 112 valence electrons. The second-order valence-corrected chi connectivity index (χ2v) is 5.78. The molecule has 0 aromatic heterocycles. The van der Waals surface area contributed by atoms with Crippen molar-refractivity contribution in [3.63, 3.8) is 0 Å². The Hall–Kier alpha value is -1.75. The Kier molecular flexibility index (Phi) is 3.22. The van der Waals surface area contributed by atoms with E-state index < -0.39 is 0 Å². The van der Waals surface area contributed by atoms with Crippen LogP contribution in [0.25, 0.3) is 0 Å². The van der Waals surface area contributed by atoms with Crippen molar-refractivity contribution in [1.82, 2.24) is 4.90 Å². The summed E-state index contributed by atoms with van der Waals surface area (Å²) in [6, 6.07) is 4.09. The number of nitrogens with zero attached hydrogens (tertiary/aromatic N) is 1. The summed E-state index contributed by atoms with van der Waals surface area (Å²) in [4.78, 5) is 14.4. The molecular formula is C16H19NO4. The maximum absolute atomic E-state index is 12.4. The van der Waals surface area contributed by atoms with Gasteiger partial charge < -0.3 is 19.1 Å². The van der Waals surface area contributed by atoms with E-state index in [1.165, 1.54) is 5.56 Å². The largest absolute Gasteiger partial charge is 0.486 e. The third-order valence-corrected chi connectivity index (χ3v) is 4.39. The number of amides is 1. The van der Waals surface area contributed by atoms with Gasteiger partial charge in [0.05, 0.1) is 0 Å². The Morgan fingerprint density at radius 3 is 2.57 bits per heavy atom. The molecule has 5 nitrogen and oxygen atoms in total. The van der Waals surface area contributed by atoms with Crippen molar-refractivity contribution in [2.75, 3.05) is 26.4 Å². The molecule has 1 aromatic carbocycles. The Morgan fingerprint density at radius 1 is 1.10 bits per heavy atom. The first-order chi connectivity index (χ1) is 10.3. The highest BCUT2D eigenvalue weighted by atomic mass is 16.6. The van der Waals surface area contributed by atoms with Crippen LogP contribution in [-0.4, -0.2) is 43.3 Å². The van der Waals surface area contributed by atoms with Crippen LogP contribution in [0, 0.1) is 0 Å². The molecule has 1 amide bonds. The number of benzene rings is 1. The lowest BCUT2D eigenvalue weighted by atomic mass is 9.98. The van der Waals surface area contributed by atoms with Gasteiger partial charge in [0.15, 0.2) is 11.5 Å². The fraction of sp³-hybridized carbons (Fsp3) is 0.562. The molecule has 1 unspecified atom stereocenters. The molecule has 1 saturated heterocycles. The minimum atomic E-state index is -0.233. The van der Waals surface area contributed by atoms with Gasteiger partial charge in [-0.25, -0.2) is 0 Å². The van der Waals surface area contributed by atoms with E-state index in [4.69, 9.17) is 14.2 Å². The van der Waals surface area contributed by atoms with Crippen LogP contribution in [0.4, 0.5) is 0 Å². The highest BCUT2D eigenvalue weighted by molar-refractivity contribution is 5.81. The molecule has 0 bridgehead atoms. The van der Waals surface area contributed by atoms with Crippen molar-refractivity contribution in [3.8, 4) is 11.5 Å². The van der Waals surface area contributed by atoms with E-state index >= 15 is 0 Å². The molecule has 0 saturated carbocycles. The van der Waals surface area contributed by atoms with Gasteiger partial charge in [0, 0.05) is 19.7 Å². The van der Waals surface area contributed by atoms with Crippen molar-refractivity contribution in [2.45, 2.75) is 31.9 Å². The van der Waals surface area contributed by atoms with Gasteiger partial charge in [-0.3, -0.25) is 4.79 Å². The Morgan fingerprint density at radius 2 is 1.86 bits per heavy atom. The van der Waals surface area contributed by atoms with Crippen LogP contribution >= 0.6 is 0 Å². The summed E-state index contributed by atoms with van der Waals surface area (Å²) in [7, 11) is 0. The van der Waals surface area contributed by atoms with Crippen LogP contribution in [0.5, 0.6) is 11.5 Å². The Labute approximate surface area is 123 Å². The molecule has 0 spiro atoms. The smallest absolute Gasteiger partial charge is 0.252 e. The average Bonchev–Trinajstić information content (AvgIpc) is 3.06. The highest BCUT2D eigenvalue weighted by Crippen LogP contribution is 2.35. The summed E-state index contributed by atoms with van der Waals surface area (Å²) in [5.74, 6) is 1.76. The zero-order valence-electron chi connectivity index (χ0n) is 12.0. The standard InChI is InChI=1S/C16H19NO4/c18-16(13-2-1-5-19-13)17-4-3-11-8-14-15(9-12(11)10-17)21-7-6-20-14/h8-9,13H,1-7,10H2. The molecule has 3 heterocycles. The summed E-state index contributed by atoms with van der Waals surface area (Å²) in [6.07, 6.45) is 2.47. The molecule has 5 heteroatoms. The summed E-state index contributed by atoms with van der Waals surface area (Å²) < 4.78 is 16.8. The van der Waals surface area contributed by atoms with E-state index in [9.17, 15) is 4.79 Å². The molecule has 21 heavy (non-hydrogen) atoms. The second-order valence-electron chi connectivity index (χ2n) is 5.78. The third-order valence-electron chi connectivity index (χ3n) is 4.39. The molecule has 3 aliphatic heterocycles. The third kappa shape index (κ3) is 2.35. The summed E-state index contributed by atoms with van der Waals surface area (Å²) in [5.41, 5.74) is 2.42. The number of carbonyl (C=O) groups excluding carboxylic acids is 1. The fourth-order valence-electron chi connectivity index (χ4n) is 3.26. The molecule has 0 N–H and O–H groups in total. The normalized spacial score (nSPS) is 23.8. The van der Waals surface area contributed by atoms with Crippen molar-refractivity contribution in [1.29, 1.82) is 0 Å². The first kappa shape index (κ1) is 13.0. The van der Waals surface area contributed by atoms with E-state index in [-0.39, 0.29) is 12.0 Å². The lowest BCUT2D eigenvalue weighted by Crippen LogP contribution is -2.42. The Balaban J connectivity index is 1.55. The number of fused-ring (bicyclic) bond motifs is 2. The lowest BCUT2D eigenvalue weighted by Gasteiger charge is -2.32. The van der Waals surface area contributed by atoms with Gasteiger partial charge in [-0.15, -0.1) is 0 Å². The van der Waals surface area contributed by atoms with Crippen LogP contribution in [0.15, 0.2) is 12.1 Å². The first-order valence-electron chi connectivity index (χ1n) is 7.63. The predicted molar refractivity (Wildman–Crippen MR) is 75.5 cm³/mol. The van der Waals surface area contributed by atoms with Gasteiger partial charge in [-0.1, -0.05) is 0 Å². The molecule has 4 rings (SSSR count). The molecule has 1 aromatic rings. The molecule has 0 aliphatic carbocycles. The van der Waals surface area contributed by atoms with E-state index in [2.05, 4.69) is 6.07 Å². The SMILES string of the molecule is O=C(C1CCCO1)N1CCc2cc3c(cc2C1)OCCO3. The number of hydrogen-bond donors (Lipinski definition) is 0. The molecular weight excluding hydrogens is 270 g/mol. The second kappa shape index (κ2) is 5.22. The summed E-state index contributed by atoms with van der Waals surface area (Å²) in [6.45, 7) is 3.30. The number of rotatable bonds is 1. The van der Waals surface area contributed by atoms with E-state index in [1.54, 1.807) is 0 Å². The molecule has 3 aliphatic rings. The topological polar surface area (TPSA) is 48.0 Å². The van der Waals surface area contributed by atoms with Crippen LogP contribution in [-0.2, 0) is 22.5 Å². The van der Waals surface area contributed by atoms with Gasteiger partial charge in [0.2, 0.25) is 0 Å². The highest BCUT2D eigenvalue weighted by Gasteiger charge is 2.31. The maximum atomic E-state index is 12.4. The summed E-state index contributed by atoms with van der Waals surface area (Å²) >= 11 is 0. The first-order valence-corrected chi connectivity index (χ1v) is 7.63. The molecule has 1 fully saturated rings. The van der Waals surface area contributed by atoms with Gasteiger partial charge in [0.1, 0.15) is 19.3 Å². The van der Waals surface area contributed by atoms with E-state index in [1.807, 2.05) is 11.0 Å². The van der Waals surface area contributed by atoms with Crippen LogP contribution in [0.2, 0.25) is 0 Å². The van der Waals surface area contributed by atoms with E-state index in [0.717, 1.165) is 42.9 Å². The van der Waals surface area contributed by atoms with Gasteiger partial charge in [0.25, 0.3) is 5.91 Å². The van der Waals surface area contributed by atoms with Crippen LogP contribution in [0.1, 0.15) is 24.0 Å². The minimum Gasteiger partial charge on any atom is -0.486 e. The number of hydrogen-bond acceptors (Lipinski definition) is 4. The fourth-order valence-corrected chi connectivity index (χ4v) is 3.26. The quantitative estimate of drug-likeness (QED) is 0.786. The molecule has 1 atom stereocenters. The van der Waals surface area contributed by atoms with Crippen LogP contribution < -0.4 is 9.47 Å². The zero-order chi connectivity index (χ0) is 14.2. The minimum absolute atomic E-state index is 0.132. The van der Waals surface area contributed by atoms with E-state index in [0.29, 0.717) is 26.4 Å². The Bertz CT molecular complexity index is 566. The lowest BCUT2D eigenvalue weighted by molar-refractivity contribution is -0.141. The zero-order valence-corrected chi connectivity index (χ0v) is 12.0.